The number of carbonyl (C=O) groups excluding carboxylic acids is 1. The number of nitrogens with one attached hydrogen (secondary N) is 2. The van der Waals surface area contributed by atoms with Crippen molar-refractivity contribution in [2.75, 3.05) is 21.2 Å². The molecule has 2 N–H and O–H groups in total. The first kappa shape index (κ1) is 24.3. The van der Waals surface area contributed by atoms with Gasteiger partial charge in [0.25, 0.3) is 10.3 Å². The zero-order valence-corrected chi connectivity index (χ0v) is 19.2. The first-order valence-corrected chi connectivity index (χ1v) is 10.2. The van der Waals surface area contributed by atoms with Crippen LogP contribution in [0.4, 0.5) is 0 Å². The largest absolute Gasteiger partial charge is 0.468 e. The molecule has 2 aromatic rings. The van der Waals surface area contributed by atoms with Crippen LogP contribution < -0.4 is 20.1 Å². The van der Waals surface area contributed by atoms with Crippen LogP contribution in [0.25, 0.3) is 0 Å². The highest BCUT2D eigenvalue weighted by molar-refractivity contribution is 7.80. The van der Waals surface area contributed by atoms with E-state index in [4.69, 9.17) is 38.6 Å². The molecule has 31 heavy (non-hydrogen) atoms. The molecule has 0 saturated heterocycles. The number of benzene rings is 2. The van der Waals surface area contributed by atoms with E-state index in [0.29, 0.717) is 17.2 Å². The highest BCUT2D eigenvalue weighted by Gasteiger charge is 2.23. The predicted octanol–water partition coefficient (Wildman–Crippen LogP) is 3.23. The second kappa shape index (κ2) is 12.6. The normalized spacial score (nSPS) is 11.9. The molecule has 0 spiro atoms. The fourth-order valence-electron chi connectivity index (χ4n) is 2.49. The van der Waals surface area contributed by atoms with Gasteiger partial charge in [-0.05, 0) is 62.8 Å². The number of rotatable bonds is 8. The Morgan fingerprint density at radius 2 is 1.48 bits per heavy atom. The van der Waals surface area contributed by atoms with E-state index in [1.165, 1.54) is 7.11 Å². The van der Waals surface area contributed by atoms with E-state index in [1.54, 1.807) is 49.5 Å². The molecule has 2 aromatic carbocycles. The van der Waals surface area contributed by atoms with Crippen LogP contribution in [0, 0.1) is 0 Å². The Labute approximate surface area is 193 Å². The van der Waals surface area contributed by atoms with E-state index in [1.807, 2.05) is 36.4 Å². The summed E-state index contributed by atoms with van der Waals surface area (Å²) in [6.07, 6.45) is 1.85. The fraction of sp³-hybridized carbons (Fsp3) is 0.227. The molecule has 0 radical (unpaired) electrons. The van der Waals surface area contributed by atoms with Crippen LogP contribution in [0.3, 0.4) is 0 Å². The monoisotopic (exact) mass is 459 g/mol. The number of hydrogen-bond acceptors (Lipinski definition) is 7. The van der Waals surface area contributed by atoms with Gasteiger partial charge in [0, 0.05) is 18.3 Å². The van der Waals surface area contributed by atoms with Gasteiger partial charge >= 0.3 is 5.97 Å². The summed E-state index contributed by atoms with van der Waals surface area (Å²) >= 11 is 10.6. The molecule has 164 valence electrons. The van der Waals surface area contributed by atoms with E-state index in [0.717, 1.165) is 0 Å². The summed E-state index contributed by atoms with van der Waals surface area (Å²) in [6.45, 7) is 0. The van der Waals surface area contributed by atoms with Crippen LogP contribution in [0.15, 0.2) is 72.6 Å². The zero-order chi connectivity index (χ0) is 22.6. The number of methoxy groups -OCH3 is 1. The predicted molar refractivity (Wildman–Crippen MR) is 128 cm³/mol. The molecular formula is C22H25N3O4S2. The Balaban J connectivity index is 2.11. The minimum atomic E-state index is -0.548. The average molecular weight is 460 g/mol. The third-order valence-electron chi connectivity index (χ3n) is 4.04. The molecule has 0 fully saturated rings. The first-order valence-electron chi connectivity index (χ1n) is 9.39. The maximum absolute atomic E-state index is 12.2. The van der Waals surface area contributed by atoms with E-state index in [-0.39, 0.29) is 22.7 Å². The fourth-order valence-corrected chi connectivity index (χ4v) is 2.87. The summed E-state index contributed by atoms with van der Waals surface area (Å²) < 4.78 is 16.1. The van der Waals surface area contributed by atoms with Gasteiger partial charge in [-0.25, -0.2) is 0 Å². The molecule has 0 aliphatic rings. The van der Waals surface area contributed by atoms with Crippen molar-refractivity contribution in [1.29, 1.82) is 0 Å². The molecule has 0 aliphatic carbocycles. The molecule has 0 saturated carbocycles. The summed E-state index contributed by atoms with van der Waals surface area (Å²) in [5.41, 5.74) is 0.559. The van der Waals surface area contributed by atoms with Crippen LogP contribution in [0.2, 0.25) is 0 Å². The number of nitrogens with zero attached hydrogens (tertiary/aromatic N) is 1. The van der Waals surface area contributed by atoms with Crippen molar-refractivity contribution in [3.05, 3.63) is 72.6 Å². The standard InChI is InChI=1S/C22H25N3O4S2/c1-25(2)19(20(26)27-3)14-16(24-22(31)29-18-12-8-5-9-13-18)15-23-21(30)28-17-10-6-4-7-11-17/h4-13,15,19H,14H2,1-3H3,(H,23,30)(H,24,31)/b16-15-/t19-/m0/s1. The summed E-state index contributed by atoms with van der Waals surface area (Å²) in [5.74, 6) is 0.814. The van der Waals surface area contributed by atoms with Crippen molar-refractivity contribution in [2.45, 2.75) is 12.5 Å². The Bertz CT molecular complexity index is 905. The quantitative estimate of drug-likeness (QED) is 0.457. The van der Waals surface area contributed by atoms with Gasteiger partial charge in [0.15, 0.2) is 0 Å². The van der Waals surface area contributed by atoms with Crippen molar-refractivity contribution < 1.29 is 19.0 Å². The second-order valence-electron chi connectivity index (χ2n) is 6.55. The summed E-state index contributed by atoms with van der Waals surface area (Å²) in [5, 5.41) is 6.17. The minimum Gasteiger partial charge on any atom is -0.468 e. The van der Waals surface area contributed by atoms with Crippen molar-refractivity contribution in [3.63, 3.8) is 0 Å². The molecule has 2 rings (SSSR count). The van der Waals surface area contributed by atoms with Gasteiger partial charge in [-0.3, -0.25) is 9.69 Å². The topological polar surface area (TPSA) is 72.1 Å². The molecule has 0 bridgehead atoms. The highest BCUT2D eigenvalue weighted by atomic mass is 32.1. The molecule has 0 heterocycles. The minimum absolute atomic E-state index is 0.122. The number of esters is 1. The molecule has 0 amide bonds. The van der Waals surface area contributed by atoms with E-state index in [2.05, 4.69) is 10.6 Å². The SMILES string of the molecule is COC(=O)[C@H](C/C(=C/NC(=S)Oc1ccccc1)NC(=S)Oc1ccccc1)N(C)C. The van der Waals surface area contributed by atoms with Gasteiger partial charge in [-0.15, -0.1) is 0 Å². The molecule has 1 atom stereocenters. The maximum Gasteiger partial charge on any atom is 0.323 e. The average Bonchev–Trinajstić information content (AvgIpc) is 2.76. The molecular weight excluding hydrogens is 434 g/mol. The van der Waals surface area contributed by atoms with E-state index in [9.17, 15) is 4.79 Å². The summed E-state index contributed by atoms with van der Waals surface area (Å²) in [6, 6.07) is 17.7. The Kier molecular flexibility index (Phi) is 9.89. The van der Waals surface area contributed by atoms with Gasteiger partial charge in [0.1, 0.15) is 17.5 Å². The van der Waals surface area contributed by atoms with Crippen molar-refractivity contribution in [3.8, 4) is 11.5 Å². The lowest BCUT2D eigenvalue weighted by atomic mass is 10.1. The number of ether oxygens (including phenoxy) is 3. The summed E-state index contributed by atoms with van der Waals surface area (Å²) in [7, 11) is 4.92. The molecule has 0 aromatic heterocycles. The van der Waals surface area contributed by atoms with Crippen LogP contribution in [0.1, 0.15) is 6.42 Å². The smallest absolute Gasteiger partial charge is 0.323 e. The van der Waals surface area contributed by atoms with E-state index < -0.39 is 6.04 Å². The van der Waals surface area contributed by atoms with Crippen molar-refractivity contribution in [1.82, 2.24) is 15.5 Å². The van der Waals surface area contributed by atoms with Gasteiger partial charge < -0.3 is 24.8 Å². The lowest BCUT2D eigenvalue weighted by molar-refractivity contribution is -0.145. The third-order valence-corrected chi connectivity index (χ3v) is 4.43. The third kappa shape index (κ3) is 8.71. The Morgan fingerprint density at radius 3 is 1.97 bits per heavy atom. The second-order valence-corrected chi connectivity index (χ2v) is 7.29. The number of hydrogen-bond donors (Lipinski definition) is 2. The van der Waals surface area contributed by atoms with Crippen LogP contribution in [0.5, 0.6) is 11.5 Å². The first-order chi connectivity index (χ1) is 14.9. The van der Waals surface area contributed by atoms with Gasteiger partial charge in [-0.1, -0.05) is 36.4 Å². The Morgan fingerprint density at radius 1 is 0.968 bits per heavy atom. The van der Waals surface area contributed by atoms with Gasteiger partial charge in [0.05, 0.1) is 7.11 Å². The molecule has 0 aliphatic heterocycles. The lowest BCUT2D eigenvalue weighted by Gasteiger charge is -2.23. The summed E-state index contributed by atoms with van der Waals surface area (Å²) in [4.78, 5) is 13.9. The maximum atomic E-state index is 12.2. The molecule has 0 unspecified atom stereocenters. The van der Waals surface area contributed by atoms with Gasteiger partial charge in [0.2, 0.25) is 0 Å². The molecule has 9 heteroatoms. The van der Waals surface area contributed by atoms with Crippen molar-refractivity contribution >= 4 is 40.8 Å². The van der Waals surface area contributed by atoms with E-state index >= 15 is 0 Å². The number of likely N-dealkylation sites (N-methyl/N-ethyl adjacent to an activating group) is 1. The molecule has 7 nitrogen and oxygen atoms in total. The van der Waals surface area contributed by atoms with Gasteiger partial charge in [-0.2, -0.15) is 0 Å². The number of thiocarbonyl (C=S) groups is 2. The number of carbonyl (C=O) groups is 1. The van der Waals surface area contributed by atoms with Crippen LogP contribution in [-0.4, -0.2) is 48.5 Å². The zero-order valence-electron chi connectivity index (χ0n) is 17.5. The van der Waals surface area contributed by atoms with Crippen molar-refractivity contribution in [2.24, 2.45) is 0 Å². The Hall–Kier alpha value is -3.01. The highest BCUT2D eigenvalue weighted by Crippen LogP contribution is 2.12. The number of para-hydroxylation sites is 2. The lowest BCUT2D eigenvalue weighted by Crippen LogP contribution is -2.40. The van der Waals surface area contributed by atoms with Crippen LogP contribution >= 0.6 is 24.4 Å². The van der Waals surface area contributed by atoms with Crippen LogP contribution in [-0.2, 0) is 9.53 Å².